The number of rotatable bonds is 24. The maximum Gasteiger partial charge on any atom is 0.324 e. The van der Waals surface area contributed by atoms with Gasteiger partial charge in [0.25, 0.3) is 11.8 Å². The summed E-state index contributed by atoms with van der Waals surface area (Å²) in [6.45, 7) is 16.0. The Morgan fingerprint density at radius 3 is 2.02 bits per heavy atom. The smallest absolute Gasteiger partial charge is 0.324 e. The van der Waals surface area contributed by atoms with E-state index in [2.05, 4.69) is 16.0 Å². The Bertz CT molecular complexity index is 1550. The fraction of sp³-hybridized carbons (Fsp3) is 0.780. The maximum absolute atomic E-state index is 14.5. The van der Waals surface area contributed by atoms with Crippen molar-refractivity contribution in [3.8, 4) is 0 Å². The highest BCUT2D eigenvalue weighted by molar-refractivity contribution is 7.99. The van der Waals surface area contributed by atoms with Gasteiger partial charge in [0.15, 0.2) is 11.9 Å². The first-order valence-corrected chi connectivity index (χ1v) is 21.9. The van der Waals surface area contributed by atoms with Crippen LogP contribution in [0.3, 0.4) is 0 Å². The minimum absolute atomic E-state index is 0.0672. The van der Waals surface area contributed by atoms with Crippen LogP contribution in [-0.2, 0) is 38.4 Å². The van der Waals surface area contributed by atoms with Crippen molar-refractivity contribution in [2.75, 3.05) is 46.7 Å². The Kier molecular flexibility index (Phi) is 21.9. The first-order valence-electron chi connectivity index (χ1n) is 20.8. The molecule has 0 aromatic heterocycles. The molecule has 19 heteroatoms. The second-order valence-corrected chi connectivity index (χ2v) is 18.2. The first-order chi connectivity index (χ1) is 27.8. The predicted molar refractivity (Wildman–Crippen MR) is 229 cm³/mol. The van der Waals surface area contributed by atoms with Gasteiger partial charge in [-0.25, -0.2) is 4.79 Å². The fourth-order valence-corrected chi connectivity index (χ4v) is 8.25. The molecular formula is C41H72N8O10S. The van der Waals surface area contributed by atoms with Crippen LogP contribution < -0.4 is 16.0 Å². The van der Waals surface area contributed by atoms with E-state index in [9.17, 15) is 43.2 Å². The number of carbonyl (C=O) groups excluding carboxylic acids is 8. The molecule has 1 rings (SSSR count). The zero-order valence-electron chi connectivity index (χ0n) is 38.2. The number of urea groups is 1. The van der Waals surface area contributed by atoms with Crippen molar-refractivity contribution >= 4 is 65.5 Å². The van der Waals surface area contributed by atoms with E-state index in [4.69, 9.17) is 5.11 Å². The Hall–Kier alpha value is -4.10. The summed E-state index contributed by atoms with van der Waals surface area (Å²) in [7, 11) is 7.28. The maximum atomic E-state index is 14.5. The van der Waals surface area contributed by atoms with Crippen molar-refractivity contribution in [2.45, 2.75) is 143 Å². The lowest BCUT2D eigenvalue weighted by Crippen LogP contribution is -2.69. The topological polar surface area (TPSA) is 226 Å². The van der Waals surface area contributed by atoms with Gasteiger partial charge in [0.05, 0.1) is 18.5 Å². The predicted octanol–water partition coefficient (Wildman–Crippen LogP) is 2.00. The summed E-state index contributed by atoms with van der Waals surface area (Å²) in [5.41, 5.74) is -1.76. The van der Waals surface area contributed by atoms with E-state index in [0.29, 0.717) is 19.1 Å². The normalized spacial score (nSPS) is 18.4. The van der Waals surface area contributed by atoms with Gasteiger partial charge in [-0.1, -0.05) is 48.5 Å². The Balaban J connectivity index is 3.42. The van der Waals surface area contributed by atoms with Gasteiger partial charge >= 0.3 is 12.0 Å². The Morgan fingerprint density at radius 2 is 1.53 bits per heavy atom. The second-order valence-electron chi connectivity index (χ2n) is 17.0. The van der Waals surface area contributed by atoms with Crippen LogP contribution in [0.25, 0.3) is 0 Å². The molecule has 7 atom stereocenters. The third-order valence-electron chi connectivity index (χ3n) is 10.8. The molecule has 1 aliphatic heterocycles. The quantitative estimate of drug-likeness (QED) is 0.0620. The number of thioether (sulfide) groups is 1. The number of likely N-dealkylation sites (tertiary alicyclic amines) is 1. The lowest BCUT2D eigenvalue weighted by atomic mass is 9.92. The molecule has 0 aromatic carbocycles. The van der Waals surface area contributed by atoms with E-state index < -0.39 is 89.4 Å². The van der Waals surface area contributed by atoms with Crippen molar-refractivity contribution in [1.82, 2.24) is 40.4 Å². The number of carbonyl (C=O) groups is 9. The molecule has 0 aliphatic carbocycles. The van der Waals surface area contributed by atoms with Gasteiger partial charge in [-0.15, -0.1) is 0 Å². The molecule has 342 valence electrons. The zero-order valence-corrected chi connectivity index (χ0v) is 39.0. The minimum Gasteiger partial charge on any atom is -0.481 e. The average Bonchev–Trinajstić information content (AvgIpc) is 3.48. The Labute approximate surface area is 360 Å². The number of hydrogen-bond acceptors (Lipinski definition) is 12. The van der Waals surface area contributed by atoms with E-state index in [1.54, 1.807) is 27.8 Å². The molecule has 0 saturated carbocycles. The summed E-state index contributed by atoms with van der Waals surface area (Å²) in [6.07, 6.45) is 1.77. The largest absolute Gasteiger partial charge is 0.481 e. The molecule has 60 heavy (non-hydrogen) atoms. The molecule has 1 aliphatic rings. The zero-order chi connectivity index (χ0) is 46.4. The van der Waals surface area contributed by atoms with E-state index in [1.165, 1.54) is 61.6 Å². The molecule has 4 N–H and O–H groups in total. The van der Waals surface area contributed by atoms with Gasteiger partial charge in [0.1, 0.15) is 18.1 Å². The number of likely N-dealkylation sites (N-methyl/N-ethyl adjacent to an activating group) is 5. The molecule has 2 unspecified atom stereocenters. The highest BCUT2D eigenvalue weighted by Gasteiger charge is 2.49. The molecule has 0 spiro atoms. The number of aldehydes is 1. The lowest BCUT2D eigenvalue weighted by Gasteiger charge is -2.45. The molecular weight excluding hydrogens is 797 g/mol. The monoisotopic (exact) mass is 869 g/mol. The molecule has 1 fully saturated rings. The number of nitrogens with one attached hydrogen (secondary N) is 3. The second kappa shape index (κ2) is 24.4. The average molecular weight is 869 g/mol. The lowest BCUT2D eigenvalue weighted by molar-refractivity contribution is -0.153. The van der Waals surface area contributed by atoms with E-state index in [1.807, 2.05) is 34.6 Å². The fourth-order valence-electron chi connectivity index (χ4n) is 7.18. The van der Waals surface area contributed by atoms with E-state index in [0.717, 1.165) is 9.80 Å². The van der Waals surface area contributed by atoms with Gasteiger partial charge in [-0.05, 0) is 64.3 Å². The van der Waals surface area contributed by atoms with Crippen LogP contribution in [0.15, 0.2) is 0 Å². The molecule has 18 nitrogen and oxygen atoms in total. The van der Waals surface area contributed by atoms with Crippen molar-refractivity contribution in [3.05, 3.63) is 0 Å². The van der Waals surface area contributed by atoms with Crippen LogP contribution in [0.5, 0.6) is 0 Å². The Morgan fingerprint density at radius 1 is 0.933 bits per heavy atom. The van der Waals surface area contributed by atoms with Crippen LogP contribution in [0.2, 0.25) is 0 Å². The third-order valence-corrected chi connectivity index (χ3v) is 11.9. The van der Waals surface area contributed by atoms with Crippen molar-refractivity contribution in [2.24, 2.45) is 17.8 Å². The third kappa shape index (κ3) is 14.2. The summed E-state index contributed by atoms with van der Waals surface area (Å²) < 4.78 is 0. The SMILES string of the molecule is CCCC(=O)N(C)[C@H](CSCCC(=O)O)C(=O)N(C)[C@](C=O)(CC(C)C)N[C@@H](C(=O)N(C)[C@H]1CC(C)N(C(=O)C(C)NC(=O)N(C)C(=O)[C@@H](CC(C)C)NC)C1=O)C(C)C. The summed E-state index contributed by atoms with van der Waals surface area (Å²) >= 11 is 1.20. The molecule has 0 radical (unpaired) electrons. The summed E-state index contributed by atoms with van der Waals surface area (Å²) in [5, 5.41) is 17.8. The van der Waals surface area contributed by atoms with Crippen LogP contribution in [0, 0.1) is 17.8 Å². The molecule has 0 bridgehead atoms. The summed E-state index contributed by atoms with van der Waals surface area (Å²) in [5.74, 6) is -4.53. The summed E-state index contributed by atoms with van der Waals surface area (Å²) in [6, 6.07) is -6.55. The van der Waals surface area contributed by atoms with E-state index >= 15 is 0 Å². The van der Waals surface area contributed by atoms with Gasteiger partial charge in [-0.2, -0.15) is 11.8 Å². The van der Waals surface area contributed by atoms with E-state index in [-0.39, 0.29) is 54.9 Å². The number of carboxylic acids is 1. The first kappa shape index (κ1) is 53.9. The van der Waals surface area contributed by atoms with Crippen LogP contribution in [-0.4, -0.2) is 172 Å². The minimum atomic E-state index is -1.76. The summed E-state index contributed by atoms with van der Waals surface area (Å²) in [4.78, 5) is 126. The van der Waals surface area contributed by atoms with Crippen molar-refractivity contribution in [3.63, 3.8) is 0 Å². The molecule has 1 saturated heterocycles. The van der Waals surface area contributed by atoms with Gasteiger partial charge < -0.3 is 30.4 Å². The van der Waals surface area contributed by atoms with Gasteiger partial charge in [0, 0.05) is 52.2 Å². The van der Waals surface area contributed by atoms with Crippen LogP contribution in [0.1, 0.15) is 101 Å². The molecule has 1 heterocycles. The number of hydrogen-bond donors (Lipinski definition) is 4. The van der Waals surface area contributed by atoms with Crippen LogP contribution in [0.4, 0.5) is 4.79 Å². The van der Waals surface area contributed by atoms with Gasteiger partial charge in [0.2, 0.25) is 23.6 Å². The number of aliphatic carboxylic acids is 1. The standard InChI is InChI=1S/C41H72N8O10S/c1-15-16-32(51)45(11)31(22-60-18-17-33(52)53)37(56)48(14)41(23-50,21-25(4)5)44-34(26(6)7)39(58)46(12)30-20-27(8)49(38(30)57)35(54)28(9)43-40(59)47(13)36(55)29(42-10)19-24(2)3/h23-31,34,42,44H,15-22H2,1-14H3,(H,43,59)(H,52,53)/t27?,28?,29-,30+,31-,34-,41+/m1/s1. The molecule has 0 aromatic rings. The highest BCUT2D eigenvalue weighted by Crippen LogP contribution is 2.28. The molecule has 8 amide bonds. The van der Waals surface area contributed by atoms with Crippen molar-refractivity contribution < 1.29 is 48.3 Å². The number of carboxylic acid groups (broad SMARTS) is 1. The number of nitrogens with zero attached hydrogens (tertiary/aromatic N) is 5. The highest BCUT2D eigenvalue weighted by atomic mass is 32.2. The van der Waals surface area contributed by atoms with Crippen LogP contribution >= 0.6 is 11.8 Å². The number of imide groups is 2. The van der Waals surface area contributed by atoms with Crippen molar-refractivity contribution in [1.29, 1.82) is 0 Å². The van der Waals surface area contributed by atoms with Gasteiger partial charge in [-0.3, -0.25) is 53.5 Å². The number of amides is 8.